The molecule has 0 radical (unpaired) electrons. The molecular weight excluding hydrogens is 907 g/mol. The van der Waals surface area contributed by atoms with E-state index in [0.29, 0.717) is 63.8 Å². The van der Waals surface area contributed by atoms with Crippen molar-refractivity contribution < 1.29 is 24.0 Å². The van der Waals surface area contributed by atoms with Crippen molar-refractivity contribution in [3.8, 4) is 11.3 Å². The molecule has 9 aliphatic rings. The first kappa shape index (κ1) is 45.9. The molecule has 2 N–H and O–H groups in total. The minimum Gasteiger partial charge on any atom is -0.366 e. The van der Waals surface area contributed by atoms with Crippen molar-refractivity contribution >= 4 is 57.9 Å². The van der Waals surface area contributed by atoms with Gasteiger partial charge >= 0.3 is 0 Å². The molecule has 9 heterocycles. The number of imide groups is 1. The number of nitrogens with zero attached hydrogens (tertiary/aromatic N) is 9. The number of hydrogen-bond donors (Lipinski definition) is 2. The van der Waals surface area contributed by atoms with Gasteiger partial charge in [-0.3, -0.25) is 29.3 Å². The molecule has 4 atom stereocenters. The zero-order valence-corrected chi connectivity index (χ0v) is 41.9. The summed E-state index contributed by atoms with van der Waals surface area (Å²) in [7, 11) is 0. The Labute approximate surface area is 421 Å². The molecule has 6 aliphatic heterocycles. The summed E-state index contributed by atoms with van der Waals surface area (Å²) in [6, 6.07) is 14.0. The number of imidazole rings is 1. The Hall–Kier alpha value is -5.90. The van der Waals surface area contributed by atoms with E-state index in [9.17, 15) is 19.2 Å². The van der Waals surface area contributed by atoms with E-state index in [1.165, 1.54) is 19.3 Å². The topological polar surface area (TPSA) is 169 Å². The summed E-state index contributed by atoms with van der Waals surface area (Å²) in [6.45, 7) is 9.86. The molecular formula is C56H69N11O5. The van der Waals surface area contributed by atoms with E-state index in [1.54, 1.807) is 6.20 Å². The standard InChI is InChI=1S/C56H69N11O5/c1-33(2)66-32-58-46-29-45(60-51(50(46)66)59-38-8-9-38)35-6-11-44-47(25-35)67(41-26-39(27-41)62-18-4-3-5-19-62)55(72)56(44)16-22-64(23-17-56)54(71)43-28-40-24-37(43)31-65(40)53(70)34-14-20-63(21-15-34)48-12-7-36(30-57-48)42-10-13-49(68)61-52(42)69/h6-7,11-12,25,29-30,32-34,37-43H,3-5,8-10,13-24,26-28,31H2,1-2H3,(H,59,60)(H,61,68,69)/t37-,39-,40-,41+,42?,43+/m1/s1. The summed E-state index contributed by atoms with van der Waals surface area (Å²) in [5.74, 6) is 1.51. The molecule has 5 saturated heterocycles. The fourth-order valence-electron chi connectivity index (χ4n) is 14.3. The fourth-order valence-corrected chi connectivity index (χ4v) is 14.3. The van der Waals surface area contributed by atoms with Gasteiger partial charge in [0.25, 0.3) is 0 Å². The van der Waals surface area contributed by atoms with Gasteiger partial charge in [0.05, 0.1) is 28.9 Å². The molecule has 1 unspecified atom stereocenters. The largest absolute Gasteiger partial charge is 0.366 e. The van der Waals surface area contributed by atoms with E-state index in [2.05, 4.69) is 77.9 Å². The monoisotopic (exact) mass is 976 g/mol. The molecule has 378 valence electrons. The highest BCUT2D eigenvalue weighted by Gasteiger charge is 2.57. The Kier molecular flexibility index (Phi) is 11.4. The Morgan fingerprint density at radius 2 is 1.60 bits per heavy atom. The molecule has 16 nitrogen and oxygen atoms in total. The van der Waals surface area contributed by atoms with Crippen molar-refractivity contribution in [3.05, 3.63) is 60.0 Å². The Morgan fingerprint density at radius 3 is 2.29 bits per heavy atom. The second kappa shape index (κ2) is 17.9. The van der Waals surface area contributed by atoms with Crippen molar-refractivity contribution in [2.45, 2.75) is 152 Å². The number of rotatable bonds is 10. The molecule has 1 aromatic carbocycles. The third-order valence-corrected chi connectivity index (χ3v) is 18.7. The summed E-state index contributed by atoms with van der Waals surface area (Å²) in [6.07, 6.45) is 16.9. The van der Waals surface area contributed by atoms with Crippen molar-refractivity contribution in [1.29, 1.82) is 0 Å². The molecule has 72 heavy (non-hydrogen) atoms. The number of likely N-dealkylation sites (tertiary alicyclic amines) is 3. The van der Waals surface area contributed by atoms with Gasteiger partial charge in [0.2, 0.25) is 29.5 Å². The number of fused-ring (bicyclic) bond motifs is 5. The molecule has 3 aromatic heterocycles. The Morgan fingerprint density at radius 1 is 0.806 bits per heavy atom. The van der Waals surface area contributed by atoms with Gasteiger partial charge in [-0.25, -0.2) is 15.0 Å². The lowest BCUT2D eigenvalue weighted by atomic mass is 9.73. The number of nitrogens with one attached hydrogen (secondary N) is 2. The average Bonchev–Trinajstić information content (AvgIpc) is 3.65. The van der Waals surface area contributed by atoms with E-state index in [1.807, 2.05) is 23.4 Å². The lowest BCUT2D eigenvalue weighted by Crippen LogP contribution is -2.58. The molecule has 3 aliphatic carbocycles. The van der Waals surface area contributed by atoms with Crippen molar-refractivity contribution in [2.24, 2.45) is 17.8 Å². The maximum absolute atomic E-state index is 15.3. The number of anilines is 3. The fraction of sp³-hybridized carbons (Fsp3) is 0.607. The van der Waals surface area contributed by atoms with Crippen LogP contribution in [0.15, 0.2) is 48.9 Å². The summed E-state index contributed by atoms with van der Waals surface area (Å²) in [4.78, 5) is 93.9. The van der Waals surface area contributed by atoms with Crippen LogP contribution in [0.25, 0.3) is 22.3 Å². The normalized spacial score (nSPS) is 28.6. The van der Waals surface area contributed by atoms with Crippen LogP contribution in [0.2, 0.25) is 0 Å². The third-order valence-electron chi connectivity index (χ3n) is 18.7. The Bertz CT molecular complexity index is 2810. The van der Waals surface area contributed by atoms with E-state index in [0.717, 1.165) is 122 Å². The maximum Gasteiger partial charge on any atom is 0.238 e. The van der Waals surface area contributed by atoms with E-state index in [4.69, 9.17) is 9.97 Å². The Balaban J connectivity index is 0.672. The van der Waals surface area contributed by atoms with Crippen molar-refractivity contribution in [2.75, 3.05) is 60.9 Å². The smallest absolute Gasteiger partial charge is 0.238 e. The van der Waals surface area contributed by atoms with E-state index in [-0.39, 0.29) is 71.3 Å². The molecule has 4 aromatic rings. The van der Waals surface area contributed by atoms with Gasteiger partial charge < -0.3 is 34.4 Å². The predicted octanol–water partition coefficient (Wildman–Crippen LogP) is 6.55. The minimum absolute atomic E-state index is 0.0508. The van der Waals surface area contributed by atoms with Gasteiger partial charge in [0, 0.05) is 98.6 Å². The van der Waals surface area contributed by atoms with E-state index >= 15 is 4.79 Å². The highest BCUT2D eigenvalue weighted by atomic mass is 16.2. The van der Waals surface area contributed by atoms with Crippen LogP contribution in [-0.2, 0) is 29.4 Å². The number of pyridine rings is 2. The van der Waals surface area contributed by atoms with Crippen LogP contribution in [0.3, 0.4) is 0 Å². The molecule has 1 spiro atoms. The third kappa shape index (κ3) is 7.87. The molecule has 2 bridgehead atoms. The van der Waals surface area contributed by atoms with Crippen LogP contribution in [0.4, 0.5) is 17.3 Å². The van der Waals surface area contributed by atoms with Crippen molar-refractivity contribution in [3.63, 3.8) is 0 Å². The molecule has 16 heteroatoms. The highest BCUT2D eigenvalue weighted by molar-refractivity contribution is 6.09. The zero-order valence-electron chi connectivity index (χ0n) is 41.9. The first-order valence-electron chi connectivity index (χ1n) is 27.5. The second-order valence-electron chi connectivity index (χ2n) is 23.3. The van der Waals surface area contributed by atoms with Crippen LogP contribution in [0.5, 0.6) is 0 Å². The van der Waals surface area contributed by atoms with Gasteiger partial charge in [-0.05, 0) is 146 Å². The summed E-state index contributed by atoms with van der Waals surface area (Å²) < 4.78 is 2.20. The molecule has 3 saturated carbocycles. The number of carbonyl (C=O) groups is 5. The van der Waals surface area contributed by atoms with Gasteiger partial charge in [-0.2, -0.15) is 0 Å². The zero-order chi connectivity index (χ0) is 49.0. The lowest BCUT2D eigenvalue weighted by molar-refractivity contribution is -0.145. The first-order chi connectivity index (χ1) is 35.0. The molecule has 8 fully saturated rings. The van der Waals surface area contributed by atoms with Crippen LogP contribution >= 0.6 is 0 Å². The second-order valence-corrected chi connectivity index (χ2v) is 23.3. The van der Waals surface area contributed by atoms with Crippen LogP contribution in [0, 0.1) is 17.8 Å². The number of piperidine rings is 5. The minimum atomic E-state index is -0.671. The van der Waals surface area contributed by atoms with Crippen LogP contribution < -0.4 is 20.4 Å². The average molecular weight is 976 g/mol. The maximum atomic E-state index is 15.3. The number of amides is 5. The van der Waals surface area contributed by atoms with Crippen LogP contribution in [-0.4, -0.2) is 134 Å². The van der Waals surface area contributed by atoms with Gasteiger partial charge in [0.15, 0.2) is 5.82 Å². The van der Waals surface area contributed by atoms with Gasteiger partial charge in [-0.1, -0.05) is 24.6 Å². The molecule has 5 amide bonds. The summed E-state index contributed by atoms with van der Waals surface area (Å²) >= 11 is 0. The number of aromatic nitrogens is 4. The van der Waals surface area contributed by atoms with E-state index < -0.39 is 5.41 Å². The summed E-state index contributed by atoms with van der Waals surface area (Å²) in [5.41, 5.74) is 6.07. The number of hydrogen-bond acceptors (Lipinski definition) is 11. The number of benzene rings is 1. The van der Waals surface area contributed by atoms with Gasteiger partial charge in [-0.15, -0.1) is 0 Å². The quantitative estimate of drug-likeness (QED) is 0.166. The van der Waals surface area contributed by atoms with Crippen molar-refractivity contribution in [1.82, 2.24) is 39.5 Å². The number of carbonyl (C=O) groups excluding carboxylic acids is 5. The first-order valence-corrected chi connectivity index (χ1v) is 27.5. The van der Waals surface area contributed by atoms with Crippen LogP contribution in [0.1, 0.15) is 133 Å². The highest BCUT2D eigenvalue weighted by Crippen LogP contribution is 2.53. The van der Waals surface area contributed by atoms with Gasteiger partial charge in [0.1, 0.15) is 11.3 Å². The molecule has 13 rings (SSSR count). The predicted molar refractivity (Wildman–Crippen MR) is 273 cm³/mol. The lowest BCUT2D eigenvalue weighted by Gasteiger charge is -2.48. The SMILES string of the molecule is CC(C)n1cnc2cc(-c3ccc4c(c3)N([C@H]3C[C@@H](N5CCCCC5)C3)C(=O)C43CCN(C(=O)[C@H]4C[C@H]5C[C@@H]4CN5C(=O)C4CCN(c5ccc(C6CCC(=O)NC6=O)cn5)CC4)CC3)nc(NC3CC3)c21. The summed E-state index contributed by atoms with van der Waals surface area (Å²) in [5, 5.41) is 6.14.